The van der Waals surface area contributed by atoms with Gasteiger partial charge in [-0.2, -0.15) is 5.10 Å². The second-order valence-corrected chi connectivity index (χ2v) is 7.05. The van der Waals surface area contributed by atoms with Crippen molar-refractivity contribution >= 4 is 40.2 Å². The third-order valence-electron chi connectivity index (χ3n) is 3.94. The first kappa shape index (κ1) is 16.6. The summed E-state index contributed by atoms with van der Waals surface area (Å²) in [7, 11) is 0. The topological polar surface area (TPSA) is 85.3 Å². The molecule has 1 amide bonds. The number of primary amides is 1. The van der Waals surface area contributed by atoms with Gasteiger partial charge in [-0.15, -0.1) is 11.3 Å². The van der Waals surface area contributed by atoms with Gasteiger partial charge in [0.05, 0.1) is 17.6 Å². The first-order valence-electron chi connectivity index (χ1n) is 7.82. The molecule has 8 heteroatoms. The standard InChI is InChI=1S/C18H14ClN5OS/c19-16-8-14(21-9-13-2-1-7-26-13)18-22-10-15(24(18)23-16)11-3-5-12(6-4-11)17(20)25/h1-8,10,21H,9H2,(H2,20,25). The Labute approximate surface area is 158 Å². The van der Waals surface area contributed by atoms with Crippen LogP contribution in [0.25, 0.3) is 16.9 Å². The zero-order valence-corrected chi connectivity index (χ0v) is 15.1. The summed E-state index contributed by atoms with van der Waals surface area (Å²) in [6, 6.07) is 12.8. The molecular weight excluding hydrogens is 370 g/mol. The molecule has 130 valence electrons. The number of benzene rings is 1. The lowest BCUT2D eigenvalue weighted by Gasteiger charge is -2.08. The van der Waals surface area contributed by atoms with E-state index < -0.39 is 5.91 Å². The summed E-state index contributed by atoms with van der Waals surface area (Å²) in [4.78, 5) is 16.9. The van der Waals surface area contributed by atoms with Crippen molar-refractivity contribution in [2.75, 3.05) is 5.32 Å². The van der Waals surface area contributed by atoms with Crippen molar-refractivity contribution in [2.45, 2.75) is 6.54 Å². The van der Waals surface area contributed by atoms with Crippen LogP contribution >= 0.6 is 22.9 Å². The summed E-state index contributed by atoms with van der Waals surface area (Å²) < 4.78 is 1.69. The summed E-state index contributed by atoms with van der Waals surface area (Å²) in [5.41, 5.74) is 8.87. The van der Waals surface area contributed by atoms with E-state index in [1.165, 1.54) is 4.88 Å². The van der Waals surface area contributed by atoms with Crippen LogP contribution in [0.4, 0.5) is 5.69 Å². The fourth-order valence-electron chi connectivity index (χ4n) is 2.67. The minimum Gasteiger partial charge on any atom is -0.377 e. The zero-order valence-electron chi connectivity index (χ0n) is 13.5. The maximum atomic E-state index is 11.2. The Kier molecular flexibility index (Phi) is 4.32. The highest BCUT2D eigenvalue weighted by atomic mass is 35.5. The number of hydrogen-bond acceptors (Lipinski definition) is 5. The number of aromatic nitrogens is 3. The molecule has 0 aliphatic heterocycles. The molecule has 0 aliphatic rings. The maximum absolute atomic E-state index is 11.2. The number of hydrogen-bond donors (Lipinski definition) is 2. The lowest BCUT2D eigenvalue weighted by atomic mass is 10.1. The number of halogens is 1. The third-order valence-corrected chi connectivity index (χ3v) is 5.00. The fourth-order valence-corrected chi connectivity index (χ4v) is 3.50. The van der Waals surface area contributed by atoms with E-state index in [0.29, 0.717) is 22.9 Å². The van der Waals surface area contributed by atoms with Gasteiger partial charge in [-0.1, -0.05) is 29.8 Å². The molecule has 0 bridgehead atoms. The van der Waals surface area contributed by atoms with E-state index in [0.717, 1.165) is 16.9 Å². The SMILES string of the molecule is NC(=O)c1ccc(-c2cnc3c(NCc4cccs4)cc(Cl)nn23)cc1. The number of nitrogens with two attached hydrogens (primary N) is 1. The second-order valence-electron chi connectivity index (χ2n) is 5.63. The van der Waals surface area contributed by atoms with Crippen LogP contribution in [0.3, 0.4) is 0 Å². The number of thiophene rings is 1. The van der Waals surface area contributed by atoms with E-state index in [9.17, 15) is 4.79 Å². The van der Waals surface area contributed by atoms with Crippen LogP contribution < -0.4 is 11.1 Å². The highest BCUT2D eigenvalue weighted by molar-refractivity contribution is 7.09. The Morgan fingerprint density at radius 3 is 2.77 bits per heavy atom. The van der Waals surface area contributed by atoms with Crippen molar-refractivity contribution in [3.05, 3.63) is 69.6 Å². The number of carbonyl (C=O) groups excluding carboxylic acids is 1. The van der Waals surface area contributed by atoms with Gasteiger partial charge in [0.1, 0.15) is 0 Å². The molecule has 0 saturated carbocycles. The smallest absolute Gasteiger partial charge is 0.248 e. The molecule has 26 heavy (non-hydrogen) atoms. The molecule has 0 fully saturated rings. The van der Waals surface area contributed by atoms with E-state index in [4.69, 9.17) is 17.3 Å². The van der Waals surface area contributed by atoms with Gasteiger partial charge in [-0.05, 0) is 23.6 Å². The number of fused-ring (bicyclic) bond motifs is 1. The van der Waals surface area contributed by atoms with Gasteiger partial charge in [-0.25, -0.2) is 9.50 Å². The van der Waals surface area contributed by atoms with Gasteiger partial charge >= 0.3 is 0 Å². The Balaban J connectivity index is 1.72. The van der Waals surface area contributed by atoms with Crippen molar-refractivity contribution in [3.63, 3.8) is 0 Å². The molecule has 0 unspecified atom stereocenters. The van der Waals surface area contributed by atoms with Crippen LogP contribution in [-0.4, -0.2) is 20.5 Å². The van der Waals surface area contributed by atoms with Gasteiger partial charge < -0.3 is 11.1 Å². The van der Waals surface area contributed by atoms with Gasteiger partial charge in [0.2, 0.25) is 5.91 Å². The molecule has 0 aliphatic carbocycles. The summed E-state index contributed by atoms with van der Waals surface area (Å²) in [5, 5.41) is 10.1. The van der Waals surface area contributed by atoms with E-state index >= 15 is 0 Å². The molecule has 0 saturated heterocycles. The van der Waals surface area contributed by atoms with Crippen molar-refractivity contribution in [1.29, 1.82) is 0 Å². The van der Waals surface area contributed by atoms with Crippen LogP contribution in [0.2, 0.25) is 5.15 Å². The molecule has 6 nitrogen and oxygen atoms in total. The number of nitrogens with zero attached hydrogens (tertiary/aromatic N) is 3. The Morgan fingerprint density at radius 2 is 2.08 bits per heavy atom. The summed E-state index contributed by atoms with van der Waals surface area (Å²) in [6.07, 6.45) is 1.73. The van der Waals surface area contributed by atoms with E-state index in [2.05, 4.69) is 21.5 Å². The first-order chi connectivity index (χ1) is 12.6. The summed E-state index contributed by atoms with van der Waals surface area (Å²) >= 11 is 7.89. The summed E-state index contributed by atoms with van der Waals surface area (Å²) in [5.74, 6) is -0.462. The molecule has 3 heterocycles. The fraction of sp³-hybridized carbons (Fsp3) is 0.0556. The predicted molar refractivity (Wildman–Crippen MR) is 104 cm³/mol. The third kappa shape index (κ3) is 3.14. The normalized spacial score (nSPS) is 11.0. The van der Waals surface area contributed by atoms with Crippen LogP contribution in [0.1, 0.15) is 15.2 Å². The number of rotatable bonds is 5. The van der Waals surface area contributed by atoms with Crippen molar-refractivity contribution in [2.24, 2.45) is 5.73 Å². The molecule has 0 radical (unpaired) electrons. The Morgan fingerprint density at radius 1 is 1.27 bits per heavy atom. The average molecular weight is 384 g/mol. The second kappa shape index (κ2) is 6.78. The van der Waals surface area contributed by atoms with Crippen molar-refractivity contribution in [3.8, 4) is 11.3 Å². The lowest BCUT2D eigenvalue weighted by molar-refractivity contribution is 0.100. The minimum absolute atomic E-state index is 0.360. The first-order valence-corrected chi connectivity index (χ1v) is 9.08. The number of amides is 1. The van der Waals surface area contributed by atoms with Crippen LogP contribution in [0.15, 0.2) is 54.0 Å². The minimum atomic E-state index is -0.462. The molecule has 4 aromatic rings. The Bertz CT molecular complexity index is 1070. The molecule has 3 aromatic heterocycles. The van der Waals surface area contributed by atoms with E-state index in [1.807, 2.05) is 23.6 Å². The van der Waals surface area contributed by atoms with Gasteiger partial charge in [0, 0.05) is 28.6 Å². The quantitative estimate of drug-likeness (QED) is 0.548. The average Bonchev–Trinajstić information content (AvgIpc) is 3.29. The summed E-state index contributed by atoms with van der Waals surface area (Å²) in [6.45, 7) is 0.684. The highest BCUT2D eigenvalue weighted by Crippen LogP contribution is 2.26. The van der Waals surface area contributed by atoms with Crippen LogP contribution in [-0.2, 0) is 6.54 Å². The number of anilines is 1. The Hall–Kier alpha value is -2.90. The molecular formula is C18H14ClN5OS. The van der Waals surface area contributed by atoms with Crippen LogP contribution in [0, 0.1) is 0 Å². The number of nitrogens with one attached hydrogen (secondary N) is 1. The number of imidazole rings is 1. The van der Waals surface area contributed by atoms with E-state index in [-0.39, 0.29) is 0 Å². The monoisotopic (exact) mass is 383 g/mol. The van der Waals surface area contributed by atoms with Crippen molar-refractivity contribution in [1.82, 2.24) is 14.6 Å². The molecule has 0 atom stereocenters. The largest absolute Gasteiger partial charge is 0.377 e. The predicted octanol–water partition coefficient (Wildman–Crippen LogP) is 3.82. The maximum Gasteiger partial charge on any atom is 0.248 e. The molecule has 0 spiro atoms. The lowest BCUT2D eigenvalue weighted by Crippen LogP contribution is -2.10. The molecule has 1 aromatic carbocycles. The van der Waals surface area contributed by atoms with Gasteiger partial charge in [0.15, 0.2) is 10.8 Å². The zero-order chi connectivity index (χ0) is 18.1. The highest BCUT2D eigenvalue weighted by Gasteiger charge is 2.13. The number of carbonyl (C=O) groups is 1. The van der Waals surface area contributed by atoms with E-state index in [1.54, 1.807) is 40.2 Å². The molecule has 4 rings (SSSR count). The van der Waals surface area contributed by atoms with Gasteiger partial charge in [-0.3, -0.25) is 4.79 Å². The van der Waals surface area contributed by atoms with Crippen LogP contribution in [0.5, 0.6) is 0 Å². The molecule has 3 N–H and O–H groups in total. The van der Waals surface area contributed by atoms with Crippen molar-refractivity contribution < 1.29 is 4.79 Å². The van der Waals surface area contributed by atoms with Gasteiger partial charge in [0.25, 0.3) is 0 Å².